The molecule has 9 heteroatoms. The minimum Gasteiger partial charge on any atom is -0.495 e. The first-order valence-electron chi connectivity index (χ1n) is 8.94. The third-order valence-electron chi connectivity index (χ3n) is 4.52. The molecule has 1 atom stereocenters. The van der Waals surface area contributed by atoms with Gasteiger partial charge in [0.1, 0.15) is 5.75 Å². The van der Waals surface area contributed by atoms with Crippen molar-refractivity contribution in [1.82, 2.24) is 15.1 Å². The number of carbonyl (C=O) groups excluding carboxylic acids is 1. The zero-order valence-electron chi connectivity index (χ0n) is 15.3. The Bertz CT molecular complexity index is 929. The fourth-order valence-corrected chi connectivity index (χ4v) is 5.75. The number of ether oxygens (including phenoxy) is 1. The number of hydrogen-bond acceptors (Lipinski definition) is 8. The lowest BCUT2D eigenvalue weighted by Gasteiger charge is -2.23. The van der Waals surface area contributed by atoms with Crippen LogP contribution in [0.15, 0.2) is 46.1 Å². The average molecular weight is 433 g/mol. The molecule has 0 spiro atoms. The SMILES string of the molecule is COc1ccccc1Nc1nnc(SCC(=O)N2CCC[C@H]2c2cccs2)s1. The molecule has 1 aliphatic heterocycles. The van der Waals surface area contributed by atoms with Gasteiger partial charge in [-0.05, 0) is 36.4 Å². The Hall–Kier alpha value is -2.10. The van der Waals surface area contributed by atoms with Crippen molar-refractivity contribution < 1.29 is 9.53 Å². The largest absolute Gasteiger partial charge is 0.495 e. The van der Waals surface area contributed by atoms with E-state index < -0.39 is 0 Å². The Morgan fingerprint density at radius 1 is 1.32 bits per heavy atom. The van der Waals surface area contributed by atoms with E-state index in [1.54, 1.807) is 18.4 Å². The van der Waals surface area contributed by atoms with Gasteiger partial charge in [0.05, 0.1) is 24.6 Å². The van der Waals surface area contributed by atoms with Gasteiger partial charge in [0.25, 0.3) is 0 Å². The molecule has 1 N–H and O–H groups in total. The maximum absolute atomic E-state index is 12.7. The number of thiophene rings is 1. The number of aromatic nitrogens is 2. The van der Waals surface area contributed by atoms with E-state index in [2.05, 4.69) is 27.0 Å². The molecule has 4 rings (SSSR count). The van der Waals surface area contributed by atoms with E-state index >= 15 is 0 Å². The van der Waals surface area contributed by atoms with Crippen LogP contribution in [0.25, 0.3) is 0 Å². The second-order valence-electron chi connectivity index (χ2n) is 6.25. The van der Waals surface area contributed by atoms with E-state index in [1.165, 1.54) is 28.0 Å². The van der Waals surface area contributed by atoms with E-state index in [1.807, 2.05) is 35.2 Å². The van der Waals surface area contributed by atoms with Gasteiger partial charge in [-0.25, -0.2) is 0 Å². The first kappa shape index (κ1) is 19.2. The zero-order valence-corrected chi connectivity index (χ0v) is 17.8. The van der Waals surface area contributed by atoms with E-state index in [4.69, 9.17) is 4.74 Å². The van der Waals surface area contributed by atoms with Crippen LogP contribution in [-0.2, 0) is 4.79 Å². The smallest absolute Gasteiger partial charge is 0.233 e. The maximum atomic E-state index is 12.7. The number of likely N-dealkylation sites (tertiary alicyclic amines) is 1. The van der Waals surface area contributed by atoms with Gasteiger partial charge in [0, 0.05) is 11.4 Å². The van der Waals surface area contributed by atoms with Crippen molar-refractivity contribution in [1.29, 1.82) is 0 Å². The molecule has 0 aliphatic carbocycles. The number of anilines is 2. The van der Waals surface area contributed by atoms with Crippen molar-refractivity contribution in [3.63, 3.8) is 0 Å². The number of rotatable bonds is 7. The fourth-order valence-electron chi connectivity index (χ4n) is 3.23. The summed E-state index contributed by atoms with van der Waals surface area (Å²) in [6.45, 7) is 0.832. The van der Waals surface area contributed by atoms with Crippen LogP contribution >= 0.6 is 34.4 Å². The first-order valence-corrected chi connectivity index (χ1v) is 11.6. The van der Waals surface area contributed by atoms with Crippen LogP contribution in [0.2, 0.25) is 0 Å². The molecule has 0 bridgehead atoms. The number of thioether (sulfide) groups is 1. The van der Waals surface area contributed by atoms with Crippen molar-refractivity contribution in [2.75, 3.05) is 24.7 Å². The van der Waals surface area contributed by atoms with Gasteiger partial charge in [-0.15, -0.1) is 21.5 Å². The molecule has 146 valence electrons. The Morgan fingerprint density at radius 3 is 3.04 bits per heavy atom. The van der Waals surface area contributed by atoms with Crippen molar-refractivity contribution in [3.05, 3.63) is 46.7 Å². The monoisotopic (exact) mass is 432 g/mol. The van der Waals surface area contributed by atoms with Crippen LogP contribution in [0.1, 0.15) is 23.8 Å². The Morgan fingerprint density at radius 2 is 2.21 bits per heavy atom. The zero-order chi connectivity index (χ0) is 19.3. The summed E-state index contributed by atoms with van der Waals surface area (Å²) in [5, 5.41) is 14.3. The molecule has 1 saturated heterocycles. The third kappa shape index (κ3) is 4.31. The van der Waals surface area contributed by atoms with E-state index in [0.29, 0.717) is 10.9 Å². The lowest BCUT2D eigenvalue weighted by atomic mass is 10.2. The number of benzene rings is 1. The summed E-state index contributed by atoms with van der Waals surface area (Å²) in [5.74, 6) is 1.29. The highest BCUT2D eigenvalue weighted by molar-refractivity contribution is 8.01. The molecule has 0 radical (unpaired) electrons. The van der Waals surface area contributed by atoms with Gasteiger partial charge in [-0.3, -0.25) is 4.79 Å². The van der Waals surface area contributed by atoms with Crippen LogP contribution in [0.4, 0.5) is 10.8 Å². The predicted molar refractivity (Wildman–Crippen MR) is 115 cm³/mol. The fraction of sp³-hybridized carbons (Fsp3) is 0.316. The van der Waals surface area contributed by atoms with Crippen molar-refractivity contribution in [2.45, 2.75) is 23.2 Å². The predicted octanol–water partition coefficient (Wildman–Crippen LogP) is 4.81. The number of methoxy groups -OCH3 is 1. The van der Waals surface area contributed by atoms with Crippen molar-refractivity contribution in [3.8, 4) is 5.75 Å². The van der Waals surface area contributed by atoms with Crippen LogP contribution in [0.3, 0.4) is 0 Å². The minimum atomic E-state index is 0.162. The van der Waals surface area contributed by atoms with Gasteiger partial charge in [0.15, 0.2) is 4.34 Å². The summed E-state index contributed by atoms with van der Waals surface area (Å²) in [4.78, 5) is 16.0. The maximum Gasteiger partial charge on any atom is 0.233 e. The summed E-state index contributed by atoms with van der Waals surface area (Å²) >= 11 is 4.60. The summed E-state index contributed by atoms with van der Waals surface area (Å²) in [6.07, 6.45) is 2.10. The van der Waals surface area contributed by atoms with Gasteiger partial charge < -0.3 is 15.0 Å². The van der Waals surface area contributed by atoms with Gasteiger partial charge in [-0.2, -0.15) is 0 Å². The standard InChI is InChI=1S/C19H20N4O2S3/c1-25-15-8-3-2-6-13(15)20-18-21-22-19(28-18)27-12-17(24)23-10-4-7-14(23)16-9-5-11-26-16/h2-3,5-6,8-9,11,14H,4,7,10,12H2,1H3,(H,20,21)/t14-/m0/s1. The molecule has 1 amide bonds. The molecular formula is C19H20N4O2S3. The normalized spacial score (nSPS) is 16.3. The van der Waals surface area contributed by atoms with Crippen LogP contribution in [-0.4, -0.2) is 40.4 Å². The molecule has 1 aromatic carbocycles. The Balaban J connectivity index is 1.35. The topological polar surface area (TPSA) is 67.3 Å². The molecule has 0 saturated carbocycles. The summed E-state index contributed by atoms with van der Waals surface area (Å²) in [5.41, 5.74) is 0.838. The molecule has 6 nitrogen and oxygen atoms in total. The highest BCUT2D eigenvalue weighted by Gasteiger charge is 2.30. The van der Waals surface area contributed by atoms with Crippen LogP contribution in [0, 0.1) is 0 Å². The van der Waals surface area contributed by atoms with E-state index in [9.17, 15) is 4.79 Å². The molecular weight excluding hydrogens is 412 g/mol. The van der Waals surface area contributed by atoms with Gasteiger partial charge in [0.2, 0.25) is 11.0 Å². The molecule has 0 unspecified atom stereocenters. The second-order valence-corrected chi connectivity index (χ2v) is 9.43. The molecule has 2 aromatic heterocycles. The lowest BCUT2D eigenvalue weighted by Crippen LogP contribution is -2.31. The second kappa shape index (κ2) is 8.93. The Kier molecular flexibility index (Phi) is 6.13. The Labute approximate surface area is 175 Å². The molecule has 28 heavy (non-hydrogen) atoms. The van der Waals surface area contributed by atoms with Crippen molar-refractivity contribution in [2.24, 2.45) is 0 Å². The summed E-state index contributed by atoms with van der Waals surface area (Å²) in [7, 11) is 1.63. The third-order valence-corrected chi connectivity index (χ3v) is 7.45. The number of carbonyl (C=O) groups is 1. The highest BCUT2D eigenvalue weighted by Crippen LogP contribution is 2.36. The average Bonchev–Trinajstić information content (AvgIpc) is 3.47. The van der Waals surface area contributed by atoms with E-state index in [0.717, 1.165) is 35.2 Å². The number of nitrogens with zero attached hydrogens (tertiary/aromatic N) is 3. The lowest BCUT2D eigenvalue weighted by molar-refractivity contribution is -0.129. The van der Waals surface area contributed by atoms with E-state index in [-0.39, 0.29) is 11.9 Å². The minimum absolute atomic E-state index is 0.162. The highest BCUT2D eigenvalue weighted by atomic mass is 32.2. The number of nitrogens with one attached hydrogen (secondary N) is 1. The first-order chi connectivity index (χ1) is 13.7. The van der Waals surface area contributed by atoms with Gasteiger partial charge in [-0.1, -0.05) is 41.3 Å². The number of amides is 1. The molecule has 3 aromatic rings. The summed E-state index contributed by atoms with van der Waals surface area (Å²) in [6, 6.07) is 12.1. The van der Waals surface area contributed by atoms with Crippen molar-refractivity contribution >= 4 is 51.2 Å². The summed E-state index contributed by atoms with van der Waals surface area (Å²) < 4.78 is 6.12. The van der Waals surface area contributed by atoms with Gasteiger partial charge >= 0.3 is 0 Å². The van der Waals surface area contributed by atoms with Crippen LogP contribution in [0.5, 0.6) is 5.75 Å². The number of hydrogen-bond donors (Lipinski definition) is 1. The molecule has 3 heterocycles. The number of para-hydroxylation sites is 2. The quantitative estimate of drug-likeness (QED) is 0.541. The molecule has 1 fully saturated rings. The van der Waals surface area contributed by atoms with Crippen LogP contribution < -0.4 is 10.1 Å². The molecule has 1 aliphatic rings.